The summed E-state index contributed by atoms with van der Waals surface area (Å²) in [5, 5.41) is 9.97. The molecule has 0 aliphatic carbocycles. The third-order valence-electron chi connectivity index (χ3n) is 3.73. The first-order chi connectivity index (χ1) is 11.5. The highest BCUT2D eigenvalue weighted by molar-refractivity contribution is 6.30. The fourth-order valence-corrected chi connectivity index (χ4v) is 2.62. The van der Waals surface area contributed by atoms with Crippen LogP contribution in [0, 0.1) is 0 Å². The van der Waals surface area contributed by atoms with Crippen molar-refractivity contribution in [2.75, 3.05) is 11.4 Å². The van der Waals surface area contributed by atoms with Gasteiger partial charge in [0.1, 0.15) is 6.04 Å². The summed E-state index contributed by atoms with van der Waals surface area (Å²) < 4.78 is 1.63. The van der Waals surface area contributed by atoms with Crippen molar-refractivity contribution in [3.05, 3.63) is 41.4 Å². The number of carbonyl (C=O) groups excluding carboxylic acids is 2. The molecule has 0 aromatic carbocycles. The molecule has 0 saturated carbocycles. The van der Waals surface area contributed by atoms with Gasteiger partial charge in [0.25, 0.3) is 0 Å². The molecule has 0 bridgehead atoms. The minimum atomic E-state index is -0.539. The zero-order chi connectivity index (χ0) is 17.1. The molecule has 1 saturated heterocycles. The lowest BCUT2D eigenvalue weighted by Gasteiger charge is -2.15. The Labute approximate surface area is 143 Å². The zero-order valence-electron chi connectivity index (χ0n) is 13.1. The fourth-order valence-electron chi connectivity index (χ4n) is 2.51. The lowest BCUT2D eigenvalue weighted by Crippen LogP contribution is -2.46. The molecule has 3 rings (SSSR count). The van der Waals surface area contributed by atoms with Crippen LogP contribution in [0.5, 0.6) is 0 Å². The van der Waals surface area contributed by atoms with Gasteiger partial charge in [0.05, 0.1) is 29.1 Å². The average molecular weight is 349 g/mol. The van der Waals surface area contributed by atoms with Gasteiger partial charge in [0.2, 0.25) is 5.91 Å². The van der Waals surface area contributed by atoms with E-state index in [9.17, 15) is 9.59 Å². The minimum Gasteiger partial charge on any atom is -0.332 e. The molecule has 0 spiro atoms. The molecule has 8 nitrogen and oxygen atoms in total. The topological polar surface area (TPSA) is 92.1 Å². The lowest BCUT2D eigenvalue weighted by atomic mass is 10.2. The molecule has 3 amide bonds. The number of hydrogen-bond acceptors (Lipinski definition) is 4. The average Bonchev–Trinajstić information content (AvgIpc) is 3.13. The summed E-state index contributed by atoms with van der Waals surface area (Å²) >= 11 is 5.76. The van der Waals surface area contributed by atoms with E-state index in [0.717, 1.165) is 5.69 Å². The molecule has 2 N–H and O–H groups in total. The van der Waals surface area contributed by atoms with Crippen LogP contribution in [0.1, 0.15) is 12.1 Å². The highest BCUT2D eigenvalue weighted by Gasteiger charge is 2.34. The molecule has 1 aliphatic rings. The fraction of sp³-hybridized carbons (Fsp3) is 0.333. The molecule has 1 aliphatic heterocycles. The van der Waals surface area contributed by atoms with E-state index in [0.29, 0.717) is 23.7 Å². The number of anilines is 1. The van der Waals surface area contributed by atoms with E-state index in [2.05, 4.69) is 20.7 Å². The van der Waals surface area contributed by atoms with Crippen molar-refractivity contribution in [1.29, 1.82) is 0 Å². The number of pyridine rings is 1. The first kappa shape index (κ1) is 16.3. The van der Waals surface area contributed by atoms with Crippen molar-refractivity contribution < 1.29 is 9.59 Å². The Bertz CT molecular complexity index is 745. The van der Waals surface area contributed by atoms with E-state index in [-0.39, 0.29) is 12.5 Å². The quantitative estimate of drug-likeness (QED) is 0.864. The van der Waals surface area contributed by atoms with Gasteiger partial charge in [-0.3, -0.25) is 14.5 Å². The van der Waals surface area contributed by atoms with Crippen molar-refractivity contribution in [2.24, 2.45) is 7.05 Å². The predicted molar refractivity (Wildman–Crippen MR) is 88.6 cm³/mol. The Morgan fingerprint density at radius 1 is 1.42 bits per heavy atom. The highest BCUT2D eigenvalue weighted by Crippen LogP contribution is 2.20. The normalized spacial score (nSPS) is 17.2. The van der Waals surface area contributed by atoms with Gasteiger partial charge in [0, 0.05) is 26.0 Å². The second-order valence-electron chi connectivity index (χ2n) is 5.50. The lowest BCUT2D eigenvalue weighted by molar-refractivity contribution is -0.118. The number of hydrogen-bond donors (Lipinski definition) is 2. The molecule has 0 unspecified atom stereocenters. The van der Waals surface area contributed by atoms with Gasteiger partial charge < -0.3 is 15.5 Å². The van der Waals surface area contributed by atoms with Gasteiger partial charge in [0.15, 0.2) is 0 Å². The smallest absolute Gasteiger partial charge is 0.315 e. The van der Waals surface area contributed by atoms with Crippen molar-refractivity contribution in [1.82, 2.24) is 25.4 Å². The number of aryl methyl sites for hydroxylation is 1. The van der Waals surface area contributed by atoms with E-state index in [4.69, 9.17) is 11.6 Å². The van der Waals surface area contributed by atoms with Crippen LogP contribution in [0.25, 0.3) is 0 Å². The summed E-state index contributed by atoms with van der Waals surface area (Å²) in [6, 6.07) is 2.49. The van der Waals surface area contributed by atoms with Crippen LogP contribution in [-0.2, 0) is 18.4 Å². The summed E-state index contributed by atoms with van der Waals surface area (Å²) in [6.45, 7) is 0.810. The Morgan fingerprint density at radius 2 is 2.25 bits per heavy atom. The molecule has 126 valence electrons. The number of amides is 3. The third kappa shape index (κ3) is 3.65. The molecule has 9 heteroatoms. The van der Waals surface area contributed by atoms with Gasteiger partial charge in [-0.15, -0.1) is 0 Å². The maximum Gasteiger partial charge on any atom is 0.315 e. The number of urea groups is 1. The number of aromatic nitrogens is 3. The first-order valence-corrected chi connectivity index (χ1v) is 7.85. The predicted octanol–water partition coefficient (Wildman–Crippen LogP) is 1.07. The van der Waals surface area contributed by atoms with E-state index in [1.807, 2.05) is 0 Å². The molecular formula is C15H17ClN6O2. The molecule has 2 aromatic rings. The van der Waals surface area contributed by atoms with Gasteiger partial charge in [-0.1, -0.05) is 11.6 Å². The zero-order valence-corrected chi connectivity index (χ0v) is 13.8. The Kier molecular flexibility index (Phi) is 4.66. The van der Waals surface area contributed by atoms with Crippen molar-refractivity contribution in [3.63, 3.8) is 0 Å². The SMILES string of the molecule is Cn1cc(N2CC[C@@H](NC(=O)NCc3ccc(Cl)cn3)C2=O)cn1. The van der Waals surface area contributed by atoms with Crippen LogP contribution in [0.3, 0.4) is 0 Å². The van der Waals surface area contributed by atoms with E-state index < -0.39 is 12.1 Å². The summed E-state index contributed by atoms with van der Waals surface area (Å²) in [5.74, 6) is -0.136. The van der Waals surface area contributed by atoms with Crippen LogP contribution in [0.2, 0.25) is 5.02 Å². The van der Waals surface area contributed by atoms with E-state index >= 15 is 0 Å². The maximum absolute atomic E-state index is 12.4. The van der Waals surface area contributed by atoms with Crippen LogP contribution in [0.15, 0.2) is 30.7 Å². The Morgan fingerprint density at radius 3 is 2.92 bits per heavy atom. The standard InChI is InChI=1S/C15H17ClN6O2/c1-21-9-12(8-19-21)22-5-4-13(14(22)23)20-15(24)18-7-11-3-2-10(16)6-17-11/h2-3,6,8-9,13H,4-5,7H2,1H3,(H2,18,20,24)/t13-/m1/s1. The second-order valence-corrected chi connectivity index (χ2v) is 5.93. The van der Waals surface area contributed by atoms with Gasteiger partial charge >= 0.3 is 6.03 Å². The second kappa shape index (κ2) is 6.88. The largest absolute Gasteiger partial charge is 0.332 e. The van der Waals surface area contributed by atoms with Gasteiger partial charge in [-0.2, -0.15) is 5.10 Å². The molecule has 1 fully saturated rings. The molecule has 2 aromatic heterocycles. The van der Waals surface area contributed by atoms with Crippen molar-refractivity contribution in [2.45, 2.75) is 19.0 Å². The van der Waals surface area contributed by atoms with Crippen LogP contribution < -0.4 is 15.5 Å². The monoisotopic (exact) mass is 348 g/mol. The maximum atomic E-state index is 12.4. The highest BCUT2D eigenvalue weighted by atomic mass is 35.5. The number of rotatable bonds is 4. The van der Waals surface area contributed by atoms with Crippen LogP contribution in [-0.4, -0.2) is 39.3 Å². The number of nitrogens with zero attached hydrogens (tertiary/aromatic N) is 4. The van der Waals surface area contributed by atoms with Gasteiger partial charge in [-0.25, -0.2) is 4.79 Å². The van der Waals surface area contributed by atoms with Gasteiger partial charge in [-0.05, 0) is 18.6 Å². The van der Waals surface area contributed by atoms with Crippen LogP contribution in [0.4, 0.5) is 10.5 Å². The molecular weight excluding hydrogens is 332 g/mol. The van der Waals surface area contributed by atoms with Crippen LogP contribution >= 0.6 is 11.6 Å². The molecule has 3 heterocycles. The molecule has 0 radical (unpaired) electrons. The summed E-state index contributed by atoms with van der Waals surface area (Å²) in [5.41, 5.74) is 1.42. The van der Waals surface area contributed by atoms with E-state index in [1.54, 1.807) is 41.2 Å². The number of halogens is 1. The number of nitrogens with one attached hydrogen (secondary N) is 2. The summed E-state index contributed by atoms with van der Waals surface area (Å²) in [7, 11) is 1.79. The minimum absolute atomic E-state index is 0.136. The van der Waals surface area contributed by atoms with E-state index in [1.165, 1.54) is 6.20 Å². The summed E-state index contributed by atoms with van der Waals surface area (Å²) in [4.78, 5) is 30.1. The van der Waals surface area contributed by atoms with Crippen molar-refractivity contribution >= 4 is 29.2 Å². The Hall–Kier alpha value is -2.61. The number of carbonyl (C=O) groups is 2. The molecule has 24 heavy (non-hydrogen) atoms. The summed E-state index contributed by atoms with van der Waals surface area (Å²) in [6.07, 6.45) is 5.47. The third-order valence-corrected chi connectivity index (χ3v) is 3.96. The van der Waals surface area contributed by atoms with Crippen molar-refractivity contribution in [3.8, 4) is 0 Å². The Balaban J connectivity index is 1.51. The first-order valence-electron chi connectivity index (χ1n) is 7.48. The molecule has 1 atom stereocenters.